The zero-order chi connectivity index (χ0) is 10.7. The first kappa shape index (κ1) is 12.5. The molecule has 0 aliphatic heterocycles. The maximum Gasteiger partial charge on any atom is 0.241 e. The Morgan fingerprint density at radius 2 is 1.85 bits per heavy atom. The molecule has 0 bridgehead atoms. The summed E-state index contributed by atoms with van der Waals surface area (Å²) < 4.78 is 5.85. The van der Waals surface area contributed by atoms with E-state index in [1.54, 1.807) is 0 Å². The molecule has 0 aliphatic carbocycles. The summed E-state index contributed by atoms with van der Waals surface area (Å²) in [5.41, 5.74) is 0.0159. The lowest BCUT2D eigenvalue weighted by molar-refractivity contribution is 0.273. The molecule has 0 fully saturated rings. The van der Waals surface area contributed by atoms with Crippen LogP contribution in [0.3, 0.4) is 0 Å². The van der Waals surface area contributed by atoms with Gasteiger partial charge in [-0.3, -0.25) is 0 Å². The SMILES string of the molecule is C=CCC(C)(C)C(=C)O[Si](C)(C)C. The molecule has 1 nitrogen and oxygen atoms in total. The Morgan fingerprint density at radius 1 is 1.38 bits per heavy atom. The van der Waals surface area contributed by atoms with Crippen molar-refractivity contribution < 1.29 is 4.43 Å². The van der Waals surface area contributed by atoms with Gasteiger partial charge in [-0.2, -0.15) is 0 Å². The largest absolute Gasteiger partial charge is 0.547 e. The normalized spacial score (nSPS) is 12.4. The van der Waals surface area contributed by atoms with Crippen LogP contribution in [0.1, 0.15) is 20.3 Å². The third-order valence-electron chi connectivity index (χ3n) is 1.84. The molecular formula is C11H22OSi. The van der Waals surface area contributed by atoms with E-state index in [0.29, 0.717) is 0 Å². The fraction of sp³-hybridized carbons (Fsp3) is 0.636. The molecule has 13 heavy (non-hydrogen) atoms. The highest BCUT2D eigenvalue weighted by atomic mass is 28.4. The van der Waals surface area contributed by atoms with Crippen LogP contribution >= 0.6 is 0 Å². The zero-order valence-electron chi connectivity index (χ0n) is 9.61. The van der Waals surface area contributed by atoms with Gasteiger partial charge in [-0.25, -0.2) is 0 Å². The lowest BCUT2D eigenvalue weighted by atomic mass is 9.88. The molecule has 0 saturated carbocycles. The van der Waals surface area contributed by atoms with Gasteiger partial charge in [0.05, 0.1) is 5.76 Å². The van der Waals surface area contributed by atoms with Crippen LogP contribution in [0.5, 0.6) is 0 Å². The van der Waals surface area contributed by atoms with Crippen molar-refractivity contribution >= 4 is 8.32 Å². The van der Waals surface area contributed by atoms with Crippen molar-refractivity contribution in [1.82, 2.24) is 0 Å². The minimum Gasteiger partial charge on any atom is -0.547 e. The predicted molar refractivity (Wildman–Crippen MR) is 62.2 cm³/mol. The van der Waals surface area contributed by atoms with Crippen molar-refractivity contribution in [3.63, 3.8) is 0 Å². The van der Waals surface area contributed by atoms with E-state index in [1.807, 2.05) is 6.08 Å². The van der Waals surface area contributed by atoms with Crippen molar-refractivity contribution in [2.45, 2.75) is 39.9 Å². The molecule has 2 heteroatoms. The van der Waals surface area contributed by atoms with E-state index in [1.165, 1.54) is 0 Å². The highest BCUT2D eigenvalue weighted by molar-refractivity contribution is 6.70. The van der Waals surface area contributed by atoms with Crippen molar-refractivity contribution in [2.24, 2.45) is 5.41 Å². The van der Waals surface area contributed by atoms with Gasteiger partial charge in [0.2, 0.25) is 8.32 Å². The highest BCUT2D eigenvalue weighted by Crippen LogP contribution is 2.31. The zero-order valence-corrected chi connectivity index (χ0v) is 10.6. The van der Waals surface area contributed by atoms with Gasteiger partial charge in [0.15, 0.2) is 0 Å². The fourth-order valence-electron chi connectivity index (χ4n) is 0.982. The van der Waals surface area contributed by atoms with E-state index in [2.05, 4.69) is 46.6 Å². The molecule has 0 unspecified atom stereocenters. The van der Waals surface area contributed by atoms with E-state index in [0.717, 1.165) is 12.2 Å². The minimum absolute atomic E-state index is 0.0159. The lowest BCUT2D eigenvalue weighted by Gasteiger charge is -2.31. The van der Waals surface area contributed by atoms with Crippen LogP contribution in [0.15, 0.2) is 25.0 Å². The highest BCUT2D eigenvalue weighted by Gasteiger charge is 2.26. The summed E-state index contributed by atoms with van der Waals surface area (Å²) in [6, 6.07) is 0. The average molecular weight is 198 g/mol. The number of allylic oxidation sites excluding steroid dienone is 2. The Hall–Kier alpha value is -0.503. The first-order valence-corrected chi connectivity index (χ1v) is 8.09. The monoisotopic (exact) mass is 198 g/mol. The van der Waals surface area contributed by atoms with E-state index >= 15 is 0 Å². The van der Waals surface area contributed by atoms with E-state index in [4.69, 9.17) is 4.43 Å². The second kappa shape index (κ2) is 4.14. The van der Waals surface area contributed by atoms with Crippen LogP contribution in [0.2, 0.25) is 19.6 Å². The second-order valence-electron chi connectivity index (χ2n) is 5.01. The Labute approximate surface area is 83.6 Å². The fourth-order valence-corrected chi connectivity index (χ4v) is 2.00. The van der Waals surface area contributed by atoms with E-state index in [-0.39, 0.29) is 5.41 Å². The summed E-state index contributed by atoms with van der Waals surface area (Å²) in [5, 5.41) is 0. The molecule has 0 aromatic rings. The van der Waals surface area contributed by atoms with Gasteiger partial charge >= 0.3 is 0 Å². The third-order valence-corrected chi connectivity index (χ3v) is 2.70. The second-order valence-corrected chi connectivity index (χ2v) is 9.44. The van der Waals surface area contributed by atoms with Crippen molar-refractivity contribution in [1.29, 1.82) is 0 Å². The smallest absolute Gasteiger partial charge is 0.241 e. The lowest BCUT2D eigenvalue weighted by Crippen LogP contribution is -2.29. The molecule has 0 aromatic heterocycles. The maximum atomic E-state index is 5.85. The summed E-state index contributed by atoms with van der Waals surface area (Å²) in [4.78, 5) is 0. The van der Waals surface area contributed by atoms with Crippen LogP contribution in [0.25, 0.3) is 0 Å². The Kier molecular flexibility index (Phi) is 3.98. The maximum absolute atomic E-state index is 5.85. The molecular weight excluding hydrogens is 176 g/mol. The molecule has 0 spiro atoms. The summed E-state index contributed by atoms with van der Waals surface area (Å²) in [6.07, 6.45) is 2.83. The molecule has 0 atom stereocenters. The van der Waals surface area contributed by atoms with Gasteiger partial charge in [0.25, 0.3) is 0 Å². The molecule has 0 N–H and O–H groups in total. The van der Waals surface area contributed by atoms with Crippen LogP contribution in [-0.2, 0) is 4.43 Å². The van der Waals surface area contributed by atoms with Gasteiger partial charge in [0.1, 0.15) is 0 Å². The van der Waals surface area contributed by atoms with Gasteiger partial charge in [0, 0.05) is 5.41 Å². The summed E-state index contributed by atoms with van der Waals surface area (Å²) in [5.74, 6) is 0.895. The van der Waals surface area contributed by atoms with Crippen molar-refractivity contribution in [3.05, 3.63) is 25.0 Å². The molecule has 0 aromatic carbocycles. The van der Waals surface area contributed by atoms with Crippen LogP contribution in [0, 0.1) is 5.41 Å². The third kappa shape index (κ3) is 4.93. The average Bonchev–Trinajstić information content (AvgIpc) is 1.82. The van der Waals surface area contributed by atoms with Crippen LogP contribution in [0.4, 0.5) is 0 Å². The first-order valence-electron chi connectivity index (χ1n) is 4.68. The minimum atomic E-state index is -1.49. The quantitative estimate of drug-likeness (QED) is 0.369. The van der Waals surface area contributed by atoms with Gasteiger partial charge in [-0.15, -0.1) is 6.58 Å². The number of hydrogen-bond donors (Lipinski definition) is 0. The molecule has 0 amide bonds. The van der Waals surface area contributed by atoms with Crippen LogP contribution in [-0.4, -0.2) is 8.32 Å². The van der Waals surface area contributed by atoms with Gasteiger partial charge in [-0.1, -0.05) is 26.5 Å². The predicted octanol–water partition coefficient (Wildman–Crippen LogP) is 3.95. The molecule has 0 rings (SSSR count). The number of rotatable bonds is 5. The molecule has 0 saturated heterocycles. The molecule has 76 valence electrons. The summed E-state index contributed by atoms with van der Waals surface area (Å²) >= 11 is 0. The first-order chi connectivity index (χ1) is 5.69. The van der Waals surface area contributed by atoms with Gasteiger partial charge < -0.3 is 4.43 Å². The summed E-state index contributed by atoms with van der Waals surface area (Å²) in [7, 11) is -1.49. The molecule has 0 radical (unpaired) electrons. The Bertz CT molecular complexity index is 199. The molecule has 0 aliphatic rings. The topological polar surface area (TPSA) is 9.23 Å². The van der Waals surface area contributed by atoms with Crippen molar-refractivity contribution in [2.75, 3.05) is 0 Å². The summed E-state index contributed by atoms with van der Waals surface area (Å²) in [6.45, 7) is 18.5. The van der Waals surface area contributed by atoms with Gasteiger partial charge in [-0.05, 0) is 26.1 Å². The van der Waals surface area contributed by atoms with E-state index in [9.17, 15) is 0 Å². The van der Waals surface area contributed by atoms with Crippen molar-refractivity contribution in [3.8, 4) is 0 Å². The number of hydrogen-bond acceptors (Lipinski definition) is 1. The van der Waals surface area contributed by atoms with Crippen LogP contribution < -0.4 is 0 Å². The molecule has 0 heterocycles. The standard InChI is InChI=1S/C11H22OSi/c1-8-9-11(3,4)10(2)12-13(5,6)7/h8H,1-2,9H2,3-7H3. The van der Waals surface area contributed by atoms with E-state index < -0.39 is 8.32 Å². The Morgan fingerprint density at radius 3 is 2.15 bits per heavy atom. The Balaban J connectivity index is 4.33.